The van der Waals surface area contributed by atoms with Gasteiger partial charge in [0.1, 0.15) is 0 Å². The lowest BCUT2D eigenvalue weighted by Gasteiger charge is -1.82. The molecular weight excluding hydrogens is 106 g/mol. The molecule has 0 aromatic carbocycles. The van der Waals surface area contributed by atoms with Crippen LogP contribution in [0.1, 0.15) is 0 Å². The van der Waals surface area contributed by atoms with Crippen molar-refractivity contribution in [1.29, 1.82) is 0 Å². The number of hydrogen-bond acceptors (Lipinski definition) is 1. The van der Waals surface area contributed by atoms with Crippen molar-refractivity contribution in [2.75, 3.05) is 12.5 Å². The van der Waals surface area contributed by atoms with Gasteiger partial charge in [-0.15, -0.1) is 11.6 Å². The summed E-state index contributed by atoms with van der Waals surface area (Å²) in [5.41, 5.74) is 0. The van der Waals surface area contributed by atoms with Crippen molar-refractivity contribution in [2.45, 2.75) is 0 Å². The Balaban J connectivity index is 2.19. The van der Waals surface area contributed by atoms with E-state index in [1.165, 1.54) is 0 Å². The van der Waals surface area contributed by atoms with Crippen molar-refractivity contribution in [3.63, 3.8) is 0 Å². The molecule has 1 unspecified atom stereocenters. The van der Waals surface area contributed by atoms with E-state index in [-0.39, 0.29) is 0 Å². The van der Waals surface area contributed by atoms with Crippen LogP contribution in [0.3, 0.4) is 0 Å². The number of alkyl halides is 1. The van der Waals surface area contributed by atoms with Gasteiger partial charge in [-0.3, -0.25) is 0 Å². The molecule has 0 N–H and O–H groups in total. The predicted molar refractivity (Wildman–Crippen MR) is 26.4 cm³/mol. The Morgan fingerprint density at radius 3 is 2.40 bits per heavy atom. The highest BCUT2D eigenvalue weighted by Crippen LogP contribution is 1.83. The molecule has 0 aliphatic heterocycles. The Kier molecular flexibility index (Phi) is 5.32. The van der Waals surface area contributed by atoms with Gasteiger partial charge in [0.2, 0.25) is 0 Å². The summed E-state index contributed by atoms with van der Waals surface area (Å²) in [7, 11) is 2.12. The predicted octanol–water partition coefficient (Wildman–Crippen LogP) is 1.03. The van der Waals surface area contributed by atoms with Gasteiger partial charge in [-0.05, 0) is 0 Å². The standard InChI is InChI=1S/C2H6ClOP/c3-1-2-4-5/h1-2,5H2. The SMILES string of the molecule is POCCCl. The highest BCUT2D eigenvalue weighted by molar-refractivity contribution is 7.09. The largest absolute Gasteiger partial charge is 0.364 e. The van der Waals surface area contributed by atoms with Crippen molar-refractivity contribution in [3.8, 4) is 0 Å². The van der Waals surface area contributed by atoms with Gasteiger partial charge in [0.25, 0.3) is 0 Å². The summed E-state index contributed by atoms with van der Waals surface area (Å²) in [5, 5.41) is 0. The molecule has 0 saturated carbocycles. The first-order valence-electron chi connectivity index (χ1n) is 1.29. The van der Waals surface area contributed by atoms with E-state index in [1.807, 2.05) is 0 Å². The summed E-state index contributed by atoms with van der Waals surface area (Å²) >= 11 is 5.16. The molecule has 0 amide bonds. The lowest BCUT2D eigenvalue weighted by Crippen LogP contribution is -1.79. The van der Waals surface area contributed by atoms with E-state index in [4.69, 9.17) is 11.6 Å². The second kappa shape index (κ2) is 4.68. The second-order valence-electron chi connectivity index (χ2n) is 0.560. The Hall–Kier alpha value is 0.680. The summed E-state index contributed by atoms with van der Waals surface area (Å²) in [5.74, 6) is 0.573. The zero-order valence-corrected chi connectivity index (χ0v) is 4.69. The molecule has 0 bridgehead atoms. The molecule has 0 heterocycles. The fraction of sp³-hybridized carbons (Fsp3) is 1.00. The third-order valence-electron chi connectivity index (χ3n) is 0.195. The first-order valence-corrected chi connectivity index (χ1v) is 2.30. The molecule has 0 spiro atoms. The van der Waals surface area contributed by atoms with E-state index in [0.29, 0.717) is 12.5 Å². The smallest absolute Gasteiger partial charge is 0.0637 e. The number of hydrogen-bond donors (Lipinski definition) is 0. The zero-order valence-electron chi connectivity index (χ0n) is 2.78. The molecule has 3 heteroatoms. The minimum atomic E-state index is 0.573. The van der Waals surface area contributed by atoms with Gasteiger partial charge in [-0.2, -0.15) is 0 Å². The van der Waals surface area contributed by atoms with Gasteiger partial charge in [-0.25, -0.2) is 0 Å². The summed E-state index contributed by atoms with van der Waals surface area (Å²) in [4.78, 5) is 0. The maximum atomic E-state index is 5.16. The van der Waals surface area contributed by atoms with E-state index >= 15 is 0 Å². The summed E-state index contributed by atoms with van der Waals surface area (Å²) < 4.78 is 4.48. The Morgan fingerprint density at radius 2 is 2.40 bits per heavy atom. The Bertz CT molecular complexity index is 17.1. The van der Waals surface area contributed by atoms with Crippen LogP contribution in [-0.4, -0.2) is 12.5 Å². The van der Waals surface area contributed by atoms with Crippen LogP contribution in [0.2, 0.25) is 0 Å². The normalized spacial score (nSPS) is 8.40. The quantitative estimate of drug-likeness (QED) is 0.383. The fourth-order valence-electron chi connectivity index (χ4n) is 0.0445. The second-order valence-corrected chi connectivity index (χ2v) is 1.27. The van der Waals surface area contributed by atoms with Crippen LogP contribution < -0.4 is 0 Å². The van der Waals surface area contributed by atoms with Crippen LogP contribution in [0.5, 0.6) is 0 Å². The number of halogens is 1. The lowest BCUT2D eigenvalue weighted by atomic mass is 10.9. The first-order chi connectivity index (χ1) is 2.41. The molecule has 32 valence electrons. The van der Waals surface area contributed by atoms with E-state index < -0.39 is 0 Å². The summed E-state index contributed by atoms with van der Waals surface area (Å²) in [6, 6.07) is 0. The Labute approximate surface area is 38.9 Å². The lowest BCUT2D eigenvalue weighted by molar-refractivity contribution is 0.403. The van der Waals surface area contributed by atoms with Gasteiger partial charge in [-0.1, -0.05) is 0 Å². The molecule has 0 aromatic heterocycles. The molecule has 5 heavy (non-hydrogen) atoms. The highest BCUT2D eigenvalue weighted by Gasteiger charge is 1.68. The highest BCUT2D eigenvalue weighted by atomic mass is 35.5. The molecule has 0 saturated heterocycles. The molecule has 0 aliphatic rings. The van der Waals surface area contributed by atoms with Gasteiger partial charge >= 0.3 is 0 Å². The zero-order chi connectivity index (χ0) is 4.12. The third kappa shape index (κ3) is 4.68. The van der Waals surface area contributed by atoms with E-state index in [1.54, 1.807) is 0 Å². The van der Waals surface area contributed by atoms with E-state index in [9.17, 15) is 0 Å². The van der Waals surface area contributed by atoms with Crippen LogP contribution in [-0.2, 0) is 4.52 Å². The van der Waals surface area contributed by atoms with Gasteiger partial charge < -0.3 is 4.52 Å². The van der Waals surface area contributed by atoms with Crippen molar-refractivity contribution < 1.29 is 4.52 Å². The van der Waals surface area contributed by atoms with Gasteiger partial charge in [0.15, 0.2) is 0 Å². The summed E-state index contributed by atoms with van der Waals surface area (Å²) in [6.07, 6.45) is 0. The van der Waals surface area contributed by atoms with Crippen LogP contribution in [0.4, 0.5) is 0 Å². The summed E-state index contributed by atoms with van der Waals surface area (Å²) in [6.45, 7) is 0.617. The van der Waals surface area contributed by atoms with Gasteiger partial charge in [0.05, 0.1) is 6.61 Å². The maximum absolute atomic E-state index is 5.16. The molecule has 0 radical (unpaired) electrons. The monoisotopic (exact) mass is 112 g/mol. The first kappa shape index (κ1) is 5.68. The molecule has 1 nitrogen and oxygen atoms in total. The maximum Gasteiger partial charge on any atom is 0.0637 e. The van der Waals surface area contributed by atoms with E-state index in [2.05, 4.69) is 14.0 Å². The average molecular weight is 112 g/mol. The minimum Gasteiger partial charge on any atom is -0.364 e. The van der Waals surface area contributed by atoms with Crippen molar-refractivity contribution in [2.24, 2.45) is 0 Å². The van der Waals surface area contributed by atoms with Crippen molar-refractivity contribution in [3.05, 3.63) is 0 Å². The number of rotatable bonds is 2. The fourth-order valence-corrected chi connectivity index (χ4v) is 0.401. The molecule has 0 rings (SSSR count). The van der Waals surface area contributed by atoms with E-state index in [0.717, 1.165) is 0 Å². The Morgan fingerprint density at radius 1 is 1.80 bits per heavy atom. The van der Waals surface area contributed by atoms with Gasteiger partial charge in [0, 0.05) is 15.3 Å². The topological polar surface area (TPSA) is 9.23 Å². The van der Waals surface area contributed by atoms with Crippen molar-refractivity contribution >= 4 is 21.1 Å². The van der Waals surface area contributed by atoms with Crippen LogP contribution in [0, 0.1) is 0 Å². The average Bonchev–Trinajstić information content (AvgIpc) is 1.41. The van der Waals surface area contributed by atoms with Crippen LogP contribution in [0.15, 0.2) is 0 Å². The molecule has 0 aromatic rings. The van der Waals surface area contributed by atoms with Crippen LogP contribution in [0.25, 0.3) is 0 Å². The van der Waals surface area contributed by atoms with Crippen LogP contribution >= 0.6 is 21.1 Å². The molecule has 0 aliphatic carbocycles. The van der Waals surface area contributed by atoms with Crippen molar-refractivity contribution in [1.82, 2.24) is 0 Å². The minimum absolute atomic E-state index is 0.573. The molecule has 0 fully saturated rings. The molecular formula is C2H6ClOP. The third-order valence-corrected chi connectivity index (χ3v) is 0.585. The molecule has 1 atom stereocenters.